The number of aromatic nitrogens is 2. The Morgan fingerprint density at radius 2 is 1.82 bits per heavy atom. The first-order valence-electron chi connectivity index (χ1n) is 9.94. The largest absolute Gasteiger partial charge is 0.338 e. The number of urea groups is 1. The number of nitrogens with zero attached hydrogens (tertiary/aromatic N) is 3. The van der Waals surface area contributed by atoms with E-state index in [1.54, 1.807) is 0 Å². The Labute approximate surface area is 166 Å². The normalized spacial score (nSPS) is 16.3. The van der Waals surface area contributed by atoms with Gasteiger partial charge in [0.2, 0.25) is 0 Å². The molecule has 1 aromatic heterocycles. The van der Waals surface area contributed by atoms with Crippen molar-refractivity contribution < 1.29 is 4.79 Å². The van der Waals surface area contributed by atoms with E-state index in [1.165, 1.54) is 11.1 Å². The number of hydrogen-bond acceptors (Lipinski definition) is 2. The second kappa shape index (κ2) is 8.74. The average molecular weight is 374 g/mol. The first-order chi connectivity index (χ1) is 13.8. The maximum absolute atomic E-state index is 12.7. The highest BCUT2D eigenvalue weighted by Gasteiger charge is 2.29. The maximum Gasteiger partial charge on any atom is 0.317 e. The molecule has 3 aromatic rings. The van der Waals surface area contributed by atoms with E-state index in [2.05, 4.69) is 39.1 Å². The summed E-state index contributed by atoms with van der Waals surface area (Å²) < 4.78 is 2.14. The Morgan fingerprint density at radius 3 is 2.61 bits per heavy atom. The summed E-state index contributed by atoms with van der Waals surface area (Å²) in [5.74, 6) is 0.991. The Kier molecular flexibility index (Phi) is 5.71. The van der Waals surface area contributed by atoms with Gasteiger partial charge < -0.3 is 14.8 Å². The fraction of sp³-hybridized carbons (Fsp3) is 0.304. The van der Waals surface area contributed by atoms with E-state index in [0.29, 0.717) is 6.54 Å². The van der Waals surface area contributed by atoms with E-state index < -0.39 is 0 Å². The van der Waals surface area contributed by atoms with Crippen LogP contribution in [-0.4, -0.2) is 33.6 Å². The van der Waals surface area contributed by atoms with Crippen molar-refractivity contribution in [1.82, 2.24) is 19.8 Å². The van der Waals surface area contributed by atoms with Gasteiger partial charge in [-0.2, -0.15) is 0 Å². The molecule has 1 aliphatic rings. The highest BCUT2D eigenvalue weighted by molar-refractivity contribution is 5.75. The zero-order valence-electron chi connectivity index (χ0n) is 16.0. The van der Waals surface area contributed by atoms with E-state index in [0.717, 1.165) is 38.2 Å². The van der Waals surface area contributed by atoms with Gasteiger partial charge in [0.15, 0.2) is 0 Å². The number of likely N-dealkylation sites (tertiary alicyclic amines) is 1. The topological polar surface area (TPSA) is 50.2 Å². The lowest BCUT2D eigenvalue weighted by molar-refractivity contribution is 0.193. The summed E-state index contributed by atoms with van der Waals surface area (Å²) in [7, 11) is 0. The number of rotatable bonds is 6. The van der Waals surface area contributed by atoms with Crippen LogP contribution in [0.5, 0.6) is 0 Å². The van der Waals surface area contributed by atoms with Gasteiger partial charge >= 0.3 is 6.03 Å². The molecule has 2 heterocycles. The molecule has 0 bridgehead atoms. The summed E-state index contributed by atoms with van der Waals surface area (Å²) in [6.45, 7) is 2.20. The zero-order chi connectivity index (χ0) is 19.2. The third kappa shape index (κ3) is 4.25. The van der Waals surface area contributed by atoms with Crippen molar-refractivity contribution in [2.75, 3.05) is 13.1 Å². The van der Waals surface area contributed by atoms with Crippen LogP contribution in [0.1, 0.15) is 35.8 Å². The number of nitrogens with one attached hydrogen (secondary N) is 1. The van der Waals surface area contributed by atoms with Crippen LogP contribution in [0.4, 0.5) is 4.79 Å². The van der Waals surface area contributed by atoms with Crippen LogP contribution < -0.4 is 5.32 Å². The Hall–Kier alpha value is -3.08. The number of carbonyl (C=O) groups excluding carboxylic acids is 1. The molecule has 4 rings (SSSR count). The molecule has 0 spiro atoms. The first kappa shape index (κ1) is 18.3. The number of imidazole rings is 1. The molecule has 1 N–H and O–H groups in total. The van der Waals surface area contributed by atoms with Gasteiger partial charge in [-0.1, -0.05) is 60.7 Å². The molecule has 1 aliphatic heterocycles. The molecule has 2 amide bonds. The van der Waals surface area contributed by atoms with Crippen molar-refractivity contribution in [2.24, 2.45) is 0 Å². The lowest BCUT2D eigenvalue weighted by Crippen LogP contribution is -2.40. The molecular weight excluding hydrogens is 348 g/mol. The average Bonchev–Trinajstić information content (AvgIpc) is 3.39. The predicted octanol–water partition coefficient (Wildman–Crippen LogP) is 4.02. The molecule has 0 saturated carbocycles. The highest BCUT2D eigenvalue weighted by atomic mass is 16.2. The molecular formula is C23H26N4O. The van der Waals surface area contributed by atoms with Gasteiger partial charge in [0.25, 0.3) is 0 Å². The van der Waals surface area contributed by atoms with Crippen LogP contribution in [0.3, 0.4) is 0 Å². The molecule has 1 atom stereocenters. The lowest BCUT2D eigenvalue weighted by Gasteiger charge is -2.25. The molecule has 2 aromatic carbocycles. The van der Waals surface area contributed by atoms with Gasteiger partial charge in [-0.25, -0.2) is 9.78 Å². The molecule has 1 unspecified atom stereocenters. The second-order valence-corrected chi connectivity index (χ2v) is 7.20. The molecule has 1 fully saturated rings. The predicted molar refractivity (Wildman–Crippen MR) is 110 cm³/mol. The van der Waals surface area contributed by atoms with Gasteiger partial charge in [-0.15, -0.1) is 0 Å². The van der Waals surface area contributed by atoms with E-state index >= 15 is 0 Å². The van der Waals surface area contributed by atoms with Crippen LogP contribution in [0.2, 0.25) is 0 Å². The first-order valence-corrected chi connectivity index (χ1v) is 9.94. The van der Waals surface area contributed by atoms with Crippen LogP contribution in [0.15, 0.2) is 73.1 Å². The monoisotopic (exact) mass is 374 g/mol. The van der Waals surface area contributed by atoms with Crippen LogP contribution >= 0.6 is 0 Å². The van der Waals surface area contributed by atoms with Crippen LogP contribution in [-0.2, 0) is 13.0 Å². The van der Waals surface area contributed by atoms with Crippen LogP contribution in [0, 0.1) is 0 Å². The molecule has 144 valence electrons. The van der Waals surface area contributed by atoms with Crippen molar-refractivity contribution >= 4 is 6.03 Å². The van der Waals surface area contributed by atoms with Crippen LogP contribution in [0.25, 0.3) is 0 Å². The fourth-order valence-electron chi connectivity index (χ4n) is 3.91. The quantitative estimate of drug-likeness (QED) is 0.708. The molecule has 28 heavy (non-hydrogen) atoms. The minimum atomic E-state index is 0.0209. The summed E-state index contributed by atoms with van der Waals surface area (Å²) in [5, 5.41) is 3.09. The molecule has 0 radical (unpaired) electrons. The van der Waals surface area contributed by atoms with E-state index in [-0.39, 0.29) is 12.1 Å². The Bertz CT molecular complexity index is 891. The summed E-state index contributed by atoms with van der Waals surface area (Å²) in [4.78, 5) is 19.2. The van der Waals surface area contributed by atoms with Gasteiger partial charge in [-0.3, -0.25) is 0 Å². The third-order valence-electron chi connectivity index (χ3n) is 5.32. The number of benzene rings is 2. The number of amides is 2. The molecule has 1 saturated heterocycles. The molecule has 5 heteroatoms. The summed E-state index contributed by atoms with van der Waals surface area (Å²) >= 11 is 0. The summed E-state index contributed by atoms with van der Waals surface area (Å²) in [6, 6.07) is 20.9. The third-order valence-corrected chi connectivity index (χ3v) is 5.32. The van der Waals surface area contributed by atoms with Crippen molar-refractivity contribution in [1.29, 1.82) is 0 Å². The fourth-order valence-corrected chi connectivity index (χ4v) is 3.91. The Morgan fingerprint density at radius 1 is 1.07 bits per heavy atom. The van der Waals surface area contributed by atoms with Crippen molar-refractivity contribution in [2.45, 2.75) is 31.8 Å². The van der Waals surface area contributed by atoms with Crippen molar-refractivity contribution in [3.63, 3.8) is 0 Å². The minimum Gasteiger partial charge on any atom is -0.338 e. The van der Waals surface area contributed by atoms with E-state index in [1.807, 2.05) is 53.7 Å². The number of hydrogen-bond donors (Lipinski definition) is 1. The maximum atomic E-state index is 12.7. The standard InChI is InChI=1S/C23H26N4O/c28-23(27-16-7-12-21(27)20-10-5-2-6-11-20)25-14-13-22-24-15-17-26(22)18-19-8-3-1-4-9-19/h1-6,8-11,15,17,21H,7,12-14,16,18H2,(H,25,28). The smallest absolute Gasteiger partial charge is 0.317 e. The van der Waals surface area contributed by atoms with Crippen molar-refractivity contribution in [3.05, 3.63) is 90.0 Å². The summed E-state index contributed by atoms with van der Waals surface area (Å²) in [6.07, 6.45) is 6.62. The van der Waals surface area contributed by atoms with Gasteiger partial charge in [0, 0.05) is 38.4 Å². The molecule has 0 aliphatic carbocycles. The van der Waals surface area contributed by atoms with Gasteiger partial charge in [0.1, 0.15) is 5.82 Å². The SMILES string of the molecule is O=C(NCCc1nccn1Cc1ccccc1)N1CCCC1c1ccccc1. The van der Waals surface area contributed by atoms with Gasteiger partial charge in [-0.05, 0) is 24.0 Å². The number of carbonyl (C=O) groups is 1. The lowest BCUT2D eigenvalue weighted by atomic mass is 10.1. The van der Waals surface area contributed by atoms with E-state index in [4.69, 9.17) is 0 Å². The Balaban J connectivity index is 1.32. The highest BCUT2D eigenvalue weighted by Crippen LogP contribution is 2.31. The van der Waals surface area contributed by atoms with Gasteiger partial charge in [0.05, 0.1) is 6.04 Å². The van der Waals surface area contributed by atoms with E-state index in [9.17, 15) is 4.79 Å². The van der Waals surface area contributed by atoms with Crippen molar-refractivity contribution in [3.8, 4) is 0 Å². The summed E-state index contributed by atoms with van der Waals surface area (Å²) in [5.41, 5.74) is 2.46. The zero-order valence-corrected chi connectivity index (χ0v) is 16.0. The second-order valence-electron chi connectivity index (χ2n) is 7.20. The molecule has 5 nitrogen and oxygen atoms in total. The minimum absolute atomic E-state index is 0.0209.